The molecular weight excluding hydrogens is 312 g/mol. The molecule has 2 rings (SSSR count). The van der Waals surface area contributed by atoms with Crippen molar-refractivity contribution in [2.45, 2.75) is 36.7 Å². The van der Waals surface area contributed by atoms with E-state index in [1.54, 1.807) is 0 Å². The molecule has 0 aliphatic carbocycles. The van der Waals surface area contributed by atoms with Gasteiger partial charge >= 0.3 is 5.97 Å². The summed E-state index contributed by atoms with van der Waals surface area (Å²) in [4.78, 5) is 15.2. The van der Waals surface area contributed by atoms with E-state index in [0.717, 1.165) is 11.7 Å². The molecule has 1 fully saturated rings. The Hall–Kier alpha value is -0.270. The minimum absolute atomic E-state index is 0.0705. The fourth-order valence-electron chi connectivity index (χ4n) is 2.10. The van der Waals surface area contributed by atoms with Crippen molar-refractivity contribution < 1.29 is 9.90 Å². The smallest absolute Gasteiger partial charge is 0.313 e. The molecule has 7 heteroatoms. The fraction of sp³-hybridized carbons (Fsp3) is 0.692. The Labute approximate surface area is 132 Å². The van der Waals surface area contributed by atoms with Gasteiger partial charge in [0, 0.05) is 40.9 Å². The zero-order valence-corrected chi connectivity index (χ0v) is 14.2. The van der Waals surface area contributed by atoms with Gasteiger partial charge in [-0.2, -0.15) is 23.5 Å². The van der Waals surface area contributed by atoms with Gasteiger partial charge in [0.15, 0.2) is 5.16 Å². The first-order valence-corrected chi connectivity index (χ1v) is 9.86. The van der Waals surface area contributed by atoms with Gasteiger partial charge in [0.25, 0.3) is 0 Å². The summed E-state index contributed by atoms with van der Waals surface area (Å²) < 4.78 is 2.22. The summed E-state index contributed by atoms with van der Waals surface area (Å²) in [6, 6.07) is 0. The number of thioether (sulfide) groups is 3. The van der Waals surface area contributed by atoms with Gasteiger partial charge in [-0.3, -0.25) is 4.79 Å². The average Bonchev–Trinajstić information content (AvgIpc) is 2.80. The third kappa shape index (κ3) is 4.36. The molecule has 2 heterocycles. The van der Waals surface area contributed by atoms with Crippen LogP contribution < -0.4 is 0 Å². The molecule has 1 aromatic rings. The number of nitrogens with zero attached hydrogens (tertiary/aromatic N) is 2. The number of rotatable bonds is 6. The van der Waals surface area contributed by atoms with Crippen LogP contribution in [0.3, 0.4) is 0 Å². The predicted octanol–water partition coefficient (Wildman–Crippen LogP) is 3.03. The molecule has 0 spiro atoms. The Morgan fingerprint density at radius 3 is 3.00 bits per heavy atom. The van der Waals surface area contributed by atoms with Crippen LogP contribution in [-0.4, -0.2) is 48.9 Å². The van der Waals surface area contributed by atoms with Gasteiger partial charge in [-0.25, -0.2) is 4.98 Å². The Morgan fingerprint density at radius 1 is 1.60 bits per heavy atom. The minimum atomic E-state index is -0.793. The molecule has 1 aromatic heterocycles. The van der Waals surface area contributed by atoms with Crippen LogP contribution >= 0.6 is 35.3 Å². The van der Waals surface area contributed by atoms with E-state index in [-0.39, 0.29) is 5.75 Å². The molecule has 0 radical (unpaired) electrons. The standard InChI is InChI=1S/C13H20N2O2S3/c1-9(2)11-5-14-13(20-8-12(16)17)15(11)6-10-7-18-3-4-19-10/h5,9-10H,3-4,6-8H2,1-2H3,(H,16,17). The maximum Gasteiger partial charge on any atom is 0.313 e. The Kier molecular flexibility index (Phi) is 6.17. The van der Waals surface area contributed by atoms with E-state index >= 15 is 0 Å². The molecule has 112 valence electrons. The van der Waals surface area contributed by atoms with E-state index in [1.807, 2.05) is 29.7 Å². The van der Waals surface area contributed by atoms with Gasteiger partial charge < -0.3 is 9.67 Å². The molecular formula is C13H20N2O2S3. The monoisotopic (exact) mass is 332 g/mol. The molecule has 4 nitrogen and oxygen atoms in total. The third-order valence-electron chi connectivity index (χ3n) is 3.04. The van der Waals surface area contributed by atoms with E-state index in [9.17, 15) is 4.79 Å². The lowest BCUT2D eigenvalue weighted by molar-refractivity contribution is -0.133. The lowest BCUT2D eigenvalue weighted by atomic mass is 10.1. The zero-order valence-electron chi connectivity index (χ0n) is 11.7. The summed E-state index contributed by atoms with van der Waals surface area (Å²) in [7, 11) is 0. The topological polar surface area (TPSA) is 55.1 Å². The van der Waals surface area contributed by atoms with Crippen molar-refractivity contribution >= 4 is 41.3 Å². The summed E-state index contributed by atoms with van der Waals surface area (Å²) in [5.41, 5.74) is 1.20. The molecule has 0 saturated carbocycles. The summed E-state index contributed by atoms with van der Waals surface area (Å²) in [5.74, 6) is 3.30. The van der Waals surface area contributed by atoms with Crippen LogP contribution in [0.4, 0.5) is 0 Å². The zero-order chi connectivity index (χ0) is 14.5. The number of aliphatic carboxylic acids is 1. The van der Waals surface area contributed by atoms with Crippen molar-refractivity contribution in [3.63, 3.8) is 0 Å². The fourth-order valence-corrected chi connectivity index (χ4v) is 5.47. The summed E-state index contributed by atoms with van der Waals surface area (Å²) in [5, 5.41) is 10.3. The van der Waals surface area contributed by atoms with Crippen LogP contribution in [0.5, 0.6) is 0 Å². The predicted molar refractivity (Wildman–Crippen MR) is 88.2 cm³/mol. The number of hydrogen-bond acceptors (Lipinski definition) is 5. The van der Waals surface area contributed by atoms with Crippen LogP contribution in [0.15, 0.2) is 11.4 Å². The Morgan fingerprint density at radius 2 is 2.40 bits per heavy atom. The highest BCUT2D eigenvalue weighted by molar-refractivity contribution is 8.06. The molecule has 0 amide bonds. The van der Waals surface area contributed by atoms with Crippen molar-refractivity contribution in [3.05, 3.63) is 11.9 Å². The van der Waals surface area contributed by atoms with Crippen molar-refractivity contribution in [1.29, 1.82) is 0 Å². The SMILES string of the molecule is CC(C)c1cnc(SCC(=O)O)n1CC1CSCCS1. The molecule has 1 atom stereocenters. The third-order valence-corrected chi connectivity index (χ3v) is 6.84. The number of carboxylic acids is 1. The van der Waals surface area contributed by atoms with Gasteiger partial charge in [0.1, 0.15) is 0 Å². The summed E-state index contributed by atoms with van der Waals surface area (Å²) in [6.45, 7) is 5.25. The lowest BCUT2D eigenvalue weighted by Crippen LogP contribution is -2.22. The molecule has 1 N–H and O–H groups in total. The van der Waals surface area contributed by atoms with Gasteiger partial charge in [-0.05, 0) is 5.92 Å². The van der Waals surface area contributed by atoms with Crippen LogP contribution in [0.2, 0.25) is 0 Å². The Balaban J connectivity index is 2.12. The highest BCUT2D eigenvalue weighted by atomic mass is 32.2. The largest absolute Gasteiger partial charge is 0.481 e. The quantitative estimate of drug-likeness (QED) is 0.808. The van der Waals surface area contributed by atoms with Gasteiger partial charge in [-0.15, -0.1) is 0 Å². The number of carboxylic acid groups (broad SMARTS) is 1. The van der Waals surface area contributed by atoms with Crippen molar-refractivity contribution in [2.24, 2.45) is 0 Å². The minimum Gasteiger partial charge on any atom is -0.481 e. The average molecular weight is 333 g/mol. The highest BCUT2D eigenvalue weighted by Gasteiger charge is 2.20. The first-order valence-electron chi connectivity index (χ1n) is 6.67. The second kappa shape index (κ2) is 7.66. The number of imidazole rings is 1. The lowest BCUT2D eigenvalue weighted by Gasteiger charge is -2.23. The summed E-state index contributed by atoms with van der Waals surface area (Å²) >= 11 is 5.35. The first kappa shape index (κ1) is 16.1. The van der Waals surface area contributed by atoms with E-state index < -0.39 is 5.97 Å². The van der Waals surface area contributed by atoms with Crippen LogP contribution in [0.25, 0.3) is 0 Å². The van der Waals surface area contributed by atoms with E-state index in [0.29, 0.717) is 11.2 Å². The number of carbonyl (C=O) groups is 1. The molecule has 1 unspecified atom stereocenters. The van der Waals surface area contributed by atoms with Crippen LogP contribution in [0.1, 0.15) is 25.5 Å². The van der Waals surface area contributed by atoms with Gasteiger partial charge in [-0.1, -0.05) is 25.6 Å². The number of hydrogen-bond donors (Lipinski definition) is 1. The maximum absolute atomic E-state index is 10.7. The molecule has 0 bridgehead atoms. The van der Waals surface area contributed by atoms with Gasteiger partial charge in [0.05, 0.1) is 5.75 Å². The van der Waals surface area contributed by atoms with Crippen molar-refractivity contribution in [1.82, 2.24) is 9.55 Å². The highest BCUT2D eigenvalue weighted by Crippen LogP contribution is 2.29. The first-order chi connectivity index (χ1) is 9.58. The second-order valence-corrected chi connectivity index (χ2v) is 8.48. The van der Waals surface area contributed by atoms with E-state index in [4.69, 9.17) is 5.11 Å². The molecule has 20 heavy (non-hydrogen) atoms. The second-order valence-electron chi connectivity index (χ2n) is 4.98. The van der Waals surface area contributed by atoms with E-state index in [1.165, 1.54) is 34.7 Å². The molecule has 0 aromatic carbocycles. The normalized spacial score (nSPS) is 19.4. The maximum atomic E-state index is 10.7. The summed E-state index contributed by atoms with van der Waals surface area (Å²) in [6.07, 6.45) is 1.90. The van der Waals surface area contributed by atoms with Crippen molar-refractivity contribution in [2.75, 3.05) is 23.0 Å². The van der Waals surface area contributed by atoms with Gasteiger partial charge in [0.2, 0.25) is 0 Å². The molecule has 1 aliphatic heterocycles. The van der Waals surface area contributed by atoms with Crippen LogP contribution in [0, 0.1) is 0 Å². The number of aromatic nitrogens is 2. The van der Waals surface area contributed by atoms with Crippen LogP contribution in [-0.2, 0) is 11.3 Å². The molecule has 1 saturated heterocycles. The van der Waals surface area contributed by atoms with Crippen molar-refractivity contribution in [3.8, 4) is 0 Å². The molecule has 1 aliphatic rings. The Bertz CT molecular complexity index is 456. The van der Waals surface area contributed by atoms with E-state index in [2.05, 4.69) is 23.4 Å².